The minimum absolute atomic E-state index is 0.0942. The van der Waals surface area contributed by atoms with Gasteiger partial charge in [-0.3, -0.25) is 4.68 Å². The van der Waals surface area contributed by atoms with Crippen molar-refractivity contribution < 1.29 is 9.13 Å². The molecule has 0 aliphatic rings. The maximum absolute atomic E-state index is 13.4. The van der Waals surface area contributed by atoms with Crippen molar-refractivity contribution in [2.75, 3.05) is 5.73 Å². The van der Waals surface area contributed by atoms with Gasteiger partial charge in [0.25, 0.3) is 0 Å². The predicted molar refractivity (Wildman–Crippen MR) is 63.0 cm³/mol. The summed E-state index contributed by atoms with van der Waals surface area (Å²) in [4.78, 5) is 0. The number of aryl methyl sites for hydroxylation is 1. The van der Waals surface area contributed by atoms with Gasteiger partial charge in [-0.1, -0.05) is 6.07 Å². The fourth-order valence-electron chi connectivity index (χ4n) is 1.49. The van der Waals surface area contributed by atoms with Crippen molar-refractivity contribution in [2.45, 2.75) is 20.1 Å². The highest BCUT2D eigenvalue weighted by atomic mass is 19.1. The molecule has 2 rings (SSSR count). The molecule has 0 aliphatic heterocycles. The molecule has 0 bridgehead atoms. The average Bonchev–Trinajstić information content (AvgIpc) is 2.76. The summed E-state index contributed by atoms with van der Waals surface area (Å²) < 4.78 is 20.5. The molecular formula is C12H14FN3O. The molecule has 4 nitrogen and oxygen atoms in total. The Balaban J connectivity index is 2.07. The van der Waals surface area contributed by atoms with Crippen molar-refractivity contribution in [2.24, 2.45) is 0 Å². The van der Waals surface area contributed by atoms with Crippen molar-refractivity contribution in [3.05, 3.63) is 42.0 Å². The van der Waals surface area contributed by atoms with E-state index in [0.717, 1.165) is 12.1 Å². The zero-order valence-corrected chi connectivity index (χ0v) is 9.56. The summed E-state index contributed by atoms with van der Waals surface area (Å²) in [6.45, 7) is 3.04. The molecule has 0 unspecified atom stereocenters. The van der Waals surface area contributed by atoms with Crippen molar-refractivity contribution in [3.63, 3.8) is 0 Å². The van der Waals surface area contributed by atoms with Crippen LogP contribution < -0.4 is 10.5 Å². The number of benzene rings is 1. The van der Waals surface area contributed by atoms with Crippen LogP contribution in [0, 0.1) is 5.82 Å². The summed E-state index contributed by atoms with van der Waals surface area (Å²) in [5.41, 5.74) is 6.81. The molecule has 2 N–H and O–H groups in total. The van der Waals surface area contributed by atoms with Crippen molar-refractivity contribution in [1.29, 1.82) is 0 Å². The second-order valence-corrected chi connectivity index (χ2v) is 3.65. The van der Waals surface area contributed by atoms with Crippen LogP contribution in [0.1, 0.15) is 12.5 Å². The lowest BCUT2D eigenvalue weighted by molar-refractivity contribution is 0.292. The highest BCUT2D eigenvalue weighted by Crippen LogP contribution is 2.25. The Morgan fingerprint density at radius 3 is 2.94 bits per heavy atom. The van der Waals surface area contributed by atoms with Crippen molar-refractivity contribution in [1.82, 2.24) is 9.78 Å². The van der Waals surface area contributed by atoms with Gasteiger partial charge in [0.2, 0.25) is 0 Å². The Morgan fingerprint density at radius 1 is 1.47 bits per heavy atom. The number of nitrogens with two attached hydrogens (primary N) is 1. The number of halogens is 1. The van der Waals surface area contributed by atoms with E-state index in [4.69, 9.17) is 10.5 Å². The first-order chi connectivity index (χ1) is 8.20. The van der Waals surface area contributed by atoms with E-state index < -0.39 is 5.82 Å². The lowest BCUT2D eigenvalue weighted by atomic mass is 10.3. The standard InChI is InChI=1S/C12H14FN3O/c1-2-16-7-9(6-15-16)8-17-12-10(13)4-3-5-11(12)14/h3-7H,2,8,14H2,1H3. The Labute approximate surface area is 98.8 Å². The monoisotopic (exact) mass is 235 g/mol. The number of anilines is 1. The number of hydrogen-bond donors (Lipinski definition) is 1. The number of rotatable bonds is 4. The molecule has 0 amide bonds. The SMILES string of the molecule is CCn1cc(COc2c(N)cccc2F)cn1. The Kier molecular flexibility index (Phi) is 3.27. The van der Waals surface area contributed by atoms with Gasteiger partial charge < -0.3 is 10.5 Å². The summed E-state index contributed by atoms with van der Waals surface area (Å²) in [7, 11) is 0. The Bertz CT molecular complexity index is 490. The highest BCUT2D eigenvalue weighted by Gasteiger charge is 2.07. The van der Waals surface area contributed by atoms with E-state index in [2.05, 4.69) is 5.10 Å². The van der Waals surface area contributed by atoms with Crippen LogP contribution >= 0.6 is 0 Å². The molecule has 0 fully saturated rings. The molecule has 1 heterocycles. The molecule has 90 valence electrons. The van der Waals surface area contributed by atoms with Gasteiger partial charge in [0.05, 0.1) is 11.9 Å². The normalized spacial score (nSPS) is 10.5. The average molecular weight is 235 g/mol. The smallest absolute Gasteiger partial charge is 0.178 e. The lowest BCUT2D eigenvalue weighted by Crippen LogP contribution is -2.00. The molecular weight excluding hydrogens is 221 g/mol. The summed E-state index contributed by atoms with van der Waals surface area (Å²) in [5.74, 6) is -0.357. The van der Waals surface area contributed by atoms with E-state index in [-0.39, 0.29) is 12.4 Å². The van der Waals surface area contributed by atoms with Crippen LogP contribution in [-0.4, -0.2) is 9.78 Å². The molecule has 0 aliphatic carbocycles. The van der Waals surface area contributed by atoms with Gasteiger partial charge >= 0.3 is 0 Å². The molecule has 0 spiro atoms. The third-order valence-corrected chi connectivity index (χ3v) is 2.39. The highest BCUT2D eigenvalue weighted by molar-refractivity contribution is 5.52. The van der Waals surface area contributed by atoms with Crippen LogP contribution in [0.25, 0.3) is 0 Å². The van der Waals surface area contributed by atoms with Crippen LogP contribution in [0.4, 0.5) is 10.1 Å². The van der Waals surface area contributed by atoms with E-state index in [0.29, 0.717) is 5.69 Å². The first-order valence-electron chi connectivity index (χ1n) is 5.39. The molecule has 1 aromatic carbocycles. The van der Waals surface area contributed by atoms with E-state index in [1.54, 1.807) is 23.0 Å². The van der Waals surface area contributed by atoms with Crippen LogP contribution in [0.15, 0.2) is 30.6 Å². The number of hydrogen-bond acceptors (Lipinski definition) is 3. The second-order valence-electron chi connectivity index (χ2n) is 3.65. The Morgan fingerprint density at radius 2 is 2.29 bits per heavy atom. The third-order valence-electron chi connectivity index (χ3n) is 2.39. The summed E-state index contributed by atoms with van der Waals surface area (Å²) in [5, 5.41) is 4.10. The largest absolute Gasteiger partial charge is 0.484 e. The topological polar surface area (TPSA) is 53.1 Å². The van der Waals surface area contributed by atoms with Crippen LogP contribution in [0.5, 0.6) is 5.75 Å². The zero-order chi connectivity index (χ0) is 12.3. The maximum Gasteiger partial charge on any atom is 0.178 e. The maximum atomic E-state index is 13.4. The molecule has 5 heteroatoms. The summed E-state index contributed by atoms with van der Waals surface area (Å²) in [6.07, 6.45) is 3.55. The first kappa shape index (κ1) is 11.4. The fraction of sp³-hybridized carbons (Fsp3) is 0.250. The Hall–Kier alpha value is -2.04. The van der Waals surface area contributed by atoms with Gasteiger partial charge in [-0.25, -0.2) is 4.39 Å². The van der Waals surface area contributed by atoms with Crippen molar-refractivity contribution in [3.8, 4) is 5.75 Å². The zero-order valence-electron chi connectivity index (χ0n) is 9.56. The first-order valence-corrected chi connectivity index (χ1v) is 5.39. The van der Waals surface area contributed by atoms with Crippen LogP contribution in [-0.2, 0) is 13.2 Å². The van der Waals surface area contributed by atoms with Crippen molar-refractivity contribution >= 4 is 5.69 Å². The fourth-order valence-corrected chi connectivity index (χ4v) is 1.49. The molecule has 1 aromatic heterocycles. The number of ether oxygens (including phenoxy) is 1. The minimum Gasteiger partial charge on any atom is -0.484 e. The van der Waals surface area contributed by atoms with Gasteiger partial charge in [0, 0.05) is 18.3 Å². The number of nitrogens with zero attached hydrogens (tertiary/aromatic N) is 2. The van der Waals surface area contributed by atoms with Gasteiger partial charge in [-0.2, -0.15) is 5.10 Å². The number of para-hydroxylation sites is 1. The lowest BCUT2D eigenvalue weighted by Gasteiger charge is -2.08. The van der Waals surface area contributed by atoms with Gasteiger partial charge in [-0.15, -0.1) is 0 Å². The van der Waals surface area contributed by atoms with E-state index in [1.165, 1.54) is 6.07 Å². The number of nitrogen functional groups attached to an aromatic ring is 1. The molecule has 0 atom stereocenters. The molecule has 0 saturated carbocycles. The predicted octanol–water partition coefficient (Wildman–Crippen LogP) is 2.20. The quantitative estimate of drug-likeness (QED) is 0.826. The van der Waals surface area contributed by atoms with Gasteiger partial charge in [0.15, 0.2) is 11.6 Å². The summed E-state index contributed by atoms with van der Waals surface area (Å²) in [6, 6.07) is 4.47. The molecule has 17 heavy (non-hydrogen) atoms. The number of aromatic nitrogens is 2. The second kappa shape index (κ2) is 4.86. The van der Waals surface area contributed by atoms with E-state index in [1.807, 2.05) is 13.1 Å². The van der Waals surface area contributed by atoms with Gasteiger partial charge in [-0.05, 0) is 19.1 Å². The third kappa shape index (κ3) is 2.55. The van der Waals surface area contributed by atoms with Crippen LogP contribution in [0.3, 0.4) is 0 Å². The molecule has 2 aromatic rings. The molecule has 0 radical (unpaired) electrons. The van der Waals surface area contributed by atoms with E-state index >= 15 is 0 Å². The summed E-state index contributed by atoms with van der Waals surface area (Å²) >= 11 is 0. The minimum atomic E-state index is -0.451. The molecule has 0 saturated heterocycles. The van der Waals surface area contributed by atoms with E-state index in [9.17, 15) is 4.39 Å². The van der Waals surface area contributed by atoms with Gasteiger partial charge in [0.1, 0.15) is 6.61 Å². The van der Waals surface area contributed by atoms with Crippen LogP contribution in [0.2, 0.25) is 0 Å².